The molecule has 258 valence electrons. The van der Waals surface area contributed by atoms with E-state index in [0.717, 1.165) is 6.92 Å². The average molecular weight is 673 g/mol. The predicted molar refractivity (Wildman–Crippen MR) is 162 cm³/mol. The fourth-order valence-corrected chi connectivity index (χ4v) is 5.57. The number of carbonyl (C=O) groups is 6. The summed E-state index contributed by atoms with van der Waals surface area (Å²) in [5, 5.41) is 10.1. The lowest BCUT2D eigenvalue weighted by molar-refractivity contribution is -0.138. The fraction of sp³-hybridized carbons (Fsp3) is 0.667. The number of hydrogen-bond donors (Lipinski definition) is 7. The van der Waals surface area contributed by atoms with Crippen LogP contribution in [0.25, 0.3) is 0 Å². The molecule has 0 saturated carbocycles. The summed E-state index contributed by atoms with van der Waals surface area (Å²) in [6, 6.07) is -5.98. The van der Waals surface area contributed by atoms with E-state index in [-0.39, 0.29) is 24.7 Å². The summed E-state index contributed by atoms with van der Waals surface area (Å²) < 4.78 is 17.3. The van der Waals surface area contributed by atoms with Crippen LogP contribution in [0, 0.1) is 5.92 Å². The van der Waals surface area contributed by atoms with Crippen molar-refractivity contribution in [3.63, 3.8) is 0 Å². The second-order valence-corrected chi connectivity index (χ2v) is 12.9. The number of nitrogens with two attached hydrogens (primary N) is 1. The number of aryl methyl sites for hydroxylation is 1. The number of primary amides is 1. The standard InChI is InChI=1S/C27H45N8O10P/c1-14(2)10-19(32-27(41)21-8-7-9-35(21)17(5)36)26(40)31-20(11-18-12-29-13-34(18)6)25(39)30-15(3)24(38)33-22(23(28)37)16(4)45-46(42,43)44/h12-16,19-22H,7-11H2,1-6H3,(H2,28,37)(H,30,39)(H,31,40)(H,32,41)(H,33,38)(H2,42,43,44). The molecule has 0 bridgehead atoms. The largest absolute Gasteiger partial charge is 0.469 e. The lowest BCUT2D eigenvalue weighted by atomic mass is 10.0. The number of likely N-dealkylation sites (tertiary alicyclic amines) is 1. The molecule has 18 nitrogen and oxygen atoms in total. The zero-order valence-electron chi connectivity index (χ0n) is 26.8. The van der Waals surface area contributed by atoms with E-state index in [0.29, 0.717) is 25.1 Å². The number of imidazole rings is 1. The van der Waals surface area contributed by atoms with E-state index in [1.165, 1.54) is 31.3 Å². The van der Waals surface area contributed by atoms with Gasteiger partial charge in [-0.2, -0.15) is 0 Å². The number of aromatic nitrogens is 2. The summed E-state index contributed by atoms with van der Waals surface area (Å²) in [4.78, 5) is 101. The molecule has 0 radical (unpaired) electrons. The van der Waals surface area contributed by atoms with E-state index in [4.69, 9.17) is 15.5 Å². The Bertz CT molecular complexity index is 1330. The Morgan fingerprint density at radius 3 is 2.17 bits per heavy atom. The molecule has 6 unspecified atom stereocenters. The number of hydrogen-bond acceptors (Lipinski definition) is 9. The van der Waals surface area contributed by atoms with E-state index in [9.17, 15) is 33.3 Å². The van der Waals surface area contributed by atoms with Crippen LogP contribution in [0.5, 0.6) is 0 Å². The molecule has 2 heterocycles. The highest BCUT2D eigenvalue weighted by Gasteiger charge is 2.36. The Labute approximate surface area is 266 Å². The quantitative estimate of drug-likeness (QED) is 0.0941. The molecule has 1 aliphatic rings. The Morgan fingerprint density at radius 2 is 1.65 bits per heavy atom. The number of nitrogens with one attached hydrogen (secondary N) is 4. The third-order valence-corrected chi connectivity index (χ3v) is 8.00. The number of amides is 6. The van der Waals surface area contributed by atoms with Crippen LogP contribution in [0.4, 0.5) is 0 Å². The first-order chi connectivity index (χ1) is 21.3. The molecule has 19 heteroatoms. The van der Waals surface area contributed by atoms with Crippen molar-refractivity contribution in [1.82, 2.24) is 35.7 Å². The highest BCUT2D eigenvalue weighted by Crippen LogP contribution is 2.38. The first-order valence-corrected chi connectivity index (χ1v) is 16.3. The number of nitrogens with zero attached hydrogens (tertiary/aromatic N) is 3. The second kappa shape index (κ2) is 16.6. The van der Waals surface area contributed by atoms with Crippen LogP contribution in [0.2, 0.25) is 0 Å². The van der Waals surface area contributed by atoms with Crippen molar-refractivity contribution in [2.75, 3.05) is 6.54 Å². The van der Waals surface area contributed by atoms with Gasteiger partial charge in [0.2, 0.25) is 35.4 Å². The smallest absolute Gasteiger partial charge is 0.368 e. The lowest BCUT2D eigenvalue weighted by Crippen LogP contribution is -2.59. The van der Waals surface area contributed by atoms with Gasteiger partial charge in [-0.05, 0) is 39.0 Å². The Morgan fingerprint density at radius 1 is 1.02 bits per heavy atom. The lowest BCUT2D eigenvalue weighted by Gasteiger charge is -2.28. The maximum atomic E-state index is 13.6. The van der Waals surface area contributed by atoms with Gasteiger partial charge in [0.1, 0.15) is 30.2 Å². The van der Waals surface area contributed by atoms with Gasteiger partial charge in [0.05, 0.1) is 12.4 Å². The van der Waals surface area contributed by atoms with E-state index in [2.05, 4.69) is 30.8 Å². The third kappa shape index (κ3) is 11.5. The van der Waals surface area contributed by atoms with Gasteiger partial charge in [0.25, 0.3) is 0 Å². The number of rotatable bonds is 16. The van der Waals surface area contributed by atoms with E-state index < -0.39 is 73.7 Å². The van der Waals surface area contributed by atoms with Crippen LogP contribution < -0.4 is 27.0 Å². The summed E-state index contributed by atoms with van der Waals surface area (Å²) >= 11 is 0. The van der Waals surface area contributed by atoms with Gasteiger partial charge in [-0.15, -0.1) is 0 Å². The summed E-state index contributed by atoms with van der Waals surface area (Å²) in [6.45, 7) is 7.92. The Balaban J connectivity index is 2.23. The molecular weight excluding hydrogens is 627 g/mol. The van der Waals surface area contributed by atoms with E-state index in [1.54, 1.807) is 11.6 Å². The van der Waals surface area contributed by atoms with Gasteiger partial charge in [-0.3, -0.25) is 33.3 Å². The average Bonchev–Trinajstić information content (AvgIpc) is 3.58. The summed E-state index contributed by atoms with van der Waals surface area (Å²) in [5.74, 6) is -4.29. The minimum atomic E-state index is -5.02. The van der Waals surface area contributed by atoms with E-state index in [1.807, 2.05) is 13.8 Å². The van der Waals surface area contributed by atoms with Gasteiger partial charge in [-0.25, -0.2) is 9.55 Å². The van der Waals surface area contributed by atoms with Crippen molar-refractivity contribution in [3.05, 3.63) is 18.2 Å². The molecule has 46 heavy (non-hydrogen) atoms. The SMILES string of the molecule is CC(=O)N1CCCC1C(=O)NC(CC(C)C)C(=O)NC(Cc1cncn1C)C(=O)NC(C)C(=O)NC(C(N)=O)C(C)OP(=O)(O)O. The van der Waals surface area contributed by atoms with Gasteiger partial charge in [0.15, 0.2) is 0 Å². The topological polar surface area (TPSA) is 264 Å². The number of phosphoric ester groups is 1. The molecule has 0 spiro atoms. The Kier molecular flexibility index (Phi) is 13.9. The molecule has 1 aromatic rings. The highest BCUT2D eigenvalue weighted by molar-refractivity contribution is 7.46. The summed E-state index contributed by atoms with van der Waals surface area (Å²) in [6.07, 6.45) is 2.75. The predicted octanol–water partition coefficient (Wildman–Crippen LogP) is -2.04. The molecule has 1 aromatic heterocycles. The molecule has 8 N–H and O–H groups in total. The maximum absolute atomic E-state index is 13.6. The molecular formula is C27H45N8O10P. The molecule has 6 amide bonds. The van der Waals surface area contributed by atoms with Crippen molar-refractivity contribution in [3.8, 4) is 0 Å². The zero-order valence-corrected chi connectivity index (χ0v) is 27.7. The van der Waals surface area contributed by atoms with Crippen LogP contribution in [-0.2, 0) is 51.3 Å². The van der Waals surface area contributed by atoms with Crippen molar-refractivity contribution in [1.29, 1.82) is 0 Å². The van der Waals surface area contributed by atoms with Crippen molar-refractivity contribution in [2.45, 2.75) is 96.6 Å². The molecule has 0 aliphatic carbocycles. The molecule has 2 rings (SSSR count). The molecule has 1 saturated heterocycles. The fourth-order valence-electron chi connectivity index (χ4n) is 5.01. The monoisotopic (exact) mass is 672 g/mol. The first kappa shape index (κ1) is 38.3. The third-order valence-electron chi connectivity index (χ3n) is 7.39. The molecule has 6 atom stereocenters. The van der Waals surface area contributed by atoms with Crippen molar-refractivity contribution >= 4 is 43.3 Å². The van der Waals surface area contributed by atoms with Crippen molar-refractivity contribution < 1.29 is 47.6 Å². The van der Waals surface area contributed by atoms with Crippen molar-refractivity contribution in [2.24, 2.45) is 18.7 Å². The maximum Gasteiger partial charge on any atom is 0.469 e. The van der Waals surface area contributed by atoms with E-state index >= 15 is 0 Å². The van der Waals surface area contributed by atoms with Gasteiger partial charge >= 0.3 is 7.82 Å². The molecule has 1 fully saturated rings. The Hall–Kier alpha value is -3.86. The highest BCUT2D eigenvalue weighted by atomic mass is 31.2. The number of phosphoric acid groups is 1. The first-order valence-electron chi connectivity index (χ1n) is 14.8. The van der Waals surface area contributed by atoms with Crippen LogP contribution in [0.15, 0.2) is 12.5 Å². The second-order valence-electron chi connectivity index (χ2n) is 11.7. The summed E-state index contributed by atoms with van der Waals surface area (Å²) in [7, 11) is -3.34. The van der Waals surface area contributed by atoms with Gasteiger partial charge in [-0.1, -0.05) is 13.8 Å². The minimum Gasteiger partial charge on any atom is -0.368 e. The molecule has 1 aliphatic heterocycles. The normalized spacial score (nSPS) is 18.2. The zero-order chi connectivity index (χ0) is 34.9. The molecule has 0 aromatic carbocycles. The number of carbonyl (C=O) groups excluding carboxylic acids is 6. The van der Waals surface area contributed by atoms with Crippen LogP contribution in [0.1, 0.15) is 59.6 Å². The van der Waals surface area contributed by atoms with Crippen LogP contribution >= 0.6 is 7.82 Å². The van der Waals surface area contributed by atoms with Gasteiger partial charge < -0.3 is 46.3 Å². The minimum absolute atomic E-state index is 0.0354. The summed E-state index contributed by atoms with van der Waals surface area (Å²) in [5.41, 5.74) is 5.84. The van der Waals surface area contributed by atoms with Crippen LogP contribution in [-0.4, -0.2) is 103 Å². The van der Waals surface area contributed by atoms with Gasteiger partial charge in [0, 0.05) is 38.8 Å². The van der Waals surface area contributed by atoms with Crippen LogP contribution in [0.3, 0.4) is 0 Å².